The van der Waals surface area contributed by atoms with E-state index in [2.05, 4.69) is 22.2 Å². The monoisotopic (exact) mass is 261 g/mol. The molecule has 1 N–H and O–H groups in total. The van der Waals surface area contributed by atoms with Crippen molar-refractivity contribution in [2.45, 2.75) is 50.7 Å². The molecular weight excluding hydrogens is 238 g/mol. The quantitative estimate of drug-likeness (QED) is 0.904. The molecule has 3 rings (SSSR count). The number of nitrogens with zero attached hydrogens (tertiary/aromatic N) is 2. The van der Waals surface area contributed by atoms with Crippen LogP contribution in [0.1, 0.15) is 50.8 Å². The van der Waals surface area contributed by atoms with Crippen LogP contribution < -0.4 is 5.32 Å². The van der Waals surface area contributed by atoms with Crippen LogP contribution in [0.3, 0.4) is 0 Å². The molecule has 2 atom stereocenters. The summed E-state index contributed by atoms with van der Waals surface area (Å²) in [7, 11) is 0. The highest BCUT2D eigenvalue weighted by Crippen LogP contribution is 2.46. The molecule has 1 saturated carbocycles. The van der Waals surface area contributed by atoms with E-state index in [0.29, 0.717) is 12.0 Å². The van der Waals surface area contributed by atoms with Crippen LogP contribution in [0.4, 0.5) is 0 Å². The van der Waals surface area contributed by atoms with Crippen LogP contribution >= 0.6 is 0 Å². The molecule has 1 aliphatic heterocycles. The third-order valence-electron chi connectivity index (χ3n) is 4.59. The van der Waals surface area contributed by atoms with Crippen LogP contribution in [0.15, 0.2) is 18.6 Å². The van der Waals surface area contributed by atoms with Gasteiger partial charge in [-0.1, -0.05) is 6.92 Å². The molecule has 0 radical (unpaired) electrons. The standard InChI is InChI=1S/C15H23N3O/c1-2-17-14(13-11-16-7-8-18-13)12-4-9-19-15(10-12)5-3-6-15/h7-8,11-12,14,17H,2-6,9-10H2,1H3. The lowest BCUT2D eigenvalue weighted by atomic mass is 9.70. The summed E-state index contributed by atoms with van der Waals surface area (Å²) in [5.41, 5.74) is 1.27. The van der Waals surface area contributed by atoms with E-state index in [1.54, 1.807) is 12.4 Å². The third-order valence-corrected chi connectivity index (χ3v) is 4.59. The van der Waals surface area contributed by atoms with Gasteiger partial charge in [0, 0.05) is 25.2 Å². The van der Waals surface area contributed by atoms with Gasteiger partial charge in [0.1, 0.15) is 0 Å². The Labute approximate surface area is 115 Å². The normalized spacial score (nSPS) is 26.9. The van der Waals surface area contributed by atoms with E-state index in [1.807, 2.05) is 6.20 Å². The molecule has 1 aliphatic carbocycles. The predicted octanol–water partition coefficient (Wildman–Crippen LogP) is 2.48. The van der Waals surface area contributed by atoms with Crippen LogP contribution in [0.5, 0.6) is 0 Å². The van der Waals surface area contributed by atoms with Crippen molar-refractivity contribution in [1.29, 1.82) is 0 Å². The lowest BCUT2D eigenvalue weighted by Gasteiger charge is -2.48. The summed E-state index contributed by atoms with van der Waals surface area (Å²) in [6.45, 7) is 4.01. The third kappa shape index (κ3) is 2.65. The highest BCUT2D eigenvalue weighted by Gasteiger charge is 2.44. The minimum Gasteiger partial charge on any atom is -0.375 e. The van der Waals surface area contributed by atoms with Crippen molar-refractivity contribution in [3.63, 3.8) is 0 Å². The van der Waals surface area contributed by atoms with Gasteiger partial charge in [-0.3, -0.25) is 9.97 Å². The van der Waals surface area contributed by atoms with E-state index in [9.17, 15) is 0 Å². The average Bonchev–Trinajstić information content (AvgIpc) is 2.44. The molecule has 1 aromatic rings. The maximum atomic E-state index is 6.03. The van der Waals surface area contributed by atoms with Gasteiger partial charge >= 0.3 is 0 Å². The lowest BCUT2D eigenvalue weighted by Crippen LogP contribution is -2.48. The Morgan fingerprint density at radius 2 is 2.37 bits per heavy atom. The first-order valence-corrected chi connectivity index (χ1v) is 7.46. The summed E-state index contributed by atoms with van der Waals surface area (Å²) in [6.07, 6.45) is 11.5. The lowest BCUT2D eigenvalue weighted by molar-refractivity contribution is -0.147. The Balaban J connectivity index is 1.76. The summed E-state index contributed by atoms with van der Waals surface area (Å²) in [5.74, 6) is 0.616. The number of hydrogen-bond acceptors (Lipinski definition) is 4. The molecule has 2 fully saturated rings. The van der Waals surface area contributed by atoms with Crippen LogP contribution in [0, 0.1) is 5.92 Å². The Hall–Kier alpha value is -1.00. The number of hydrogen-bond donors (Lipinski definition) is 1. The Morgan fingerprint density at radius 3 is 3.00 bits per heavy atom. The Kier molecular flexibility index (Phi) is 3.80. The molecular formula is C15H23N3O. The number of aromatic nitrogens is 2. The fourth-order valence-corrected chi connectivity index (χ4v) is 3.47. The van der Waals surface area contributed by atoms with Gasteiger partial charge in [-0.05, 0) is 44.6 Å². The number of ether oxygens (including phenoxy) is 1. The Morgan fingerprint density at radius 1 is 1.47 bits per heavy atom. The first-order valence-electron chi connectivity index (χ1n) is 7.46. The van der Waals surface area contributed by atoms with Gasteiger partial charge in [0.15, 0.2) is 0 Å². The summed E-state index contributed by atoms with van der Waals surface area (Å²) in [5, 5.41) is 3.60. The van der Waals surface area contributed by atoms with E-state index in [1.165, 1.54) is 25.7 Å². The maximum Gasteiger partial charge on any atom is 0.0758 e. The van der Waals surface area contributed by atoms with Gasteiger partial charge in [0.25, 0.3) is 0 Å². The summed E-state index contributed by atoms with van der Waals surface area (Å²) in [4.78, 5) is 8.72. The number of nitrogens with one attached hydrogen (secondary N) is 1. The Bertz CT molecular complexity index is 405. The van der Waals surface area contributed by atoms with E-state index < -0.39 is 0 Å². The van der Waals surface area contributed by atoms with Crippen molar-refractivity contribution >= 4 is 0 Å². The van der Waals surface area contributed by atoms with E-state index in [-0.39, 0.29) is 5.60 Å². The van der Waals surface area contributed by atoms with Gasteiger partial charge in [0.2, 0.25) is 0 Å². The van der Waals surface area contributed by atoms with Crippen molar-refractivity contribution < 1.29 is 4.74 Å². The predicted molar refractivity (Wildman–Crippen MR) is 73.7 cm³/mol. The van der Waals surface area contributed by atoms with Crippen LogP contribution in [0.25, 0.3) is 0 Å². The maximum absolute atomic E-state index is 6.03. The van der Waals surface area contributed by atoms with Gasteiger partial charge in [0.05, 0.1) is 17.3 Å². The van der Waals surface area contributed by atoms with Gasteiger partial charge < -0.3 is 10.1 Å². The molecule has 1 aromatic heterocycles. The highest BCUT2D eigenvalue weighted by molar-refractivity contribution is 5.07. The minimum atomic E-state index is 0.193. The van der Waals surface area contributed by atoms with E-state index in [0.717, 1.165) is 25.3 Å². The van der Waals surface area contributed by atoms with Crippen LogP contribution in [0.2, 0.25) is 0 Å². The van der Waals surface area contributed by atoms with Crippen molar-refractivity contribution in [2.75, 3.05) is 13.2 Å². The van der Waals surface area contributed by atoms with Crippen molar-refractivity contribution in [3.05, 3.63) is 24.3 Å². The molecule has 2 heterocycles. The zero-order valence-corrected chi connectivity index (χ0v) is 11.6. The highest BCUT2D eigenvalue weighted by atomic mass is 16.5. The topological polar surface area (TPSA) is 47.0 Å². The molecule has 2 aliphatic rings. The molecule has 0 bridgehead atoms. The first-order chi connectivity index (χ1) is 9.33. The molecule has 0 aromatic carbocycles. The van der Waals surface area contributed by atoms with Crippen LogP contribution in [-0.2, 0) is 4.74 Å². The molecule has 104 valence electrons. The SMILES string of the molecule is CCNC(c1cnccn1)C1CCOC2(CCC2)C1. The number of rotatable bonds is 4. The second-order valence-electron chi connectivity index (χ2n) is 5.80. The average molecular weight is 261 g/mol. The smallest absolute Gasteiger partial charge is 0.0758 e. The zero-order valence-electron chi connectivity index (χ0n) is 11.6. The second kappa shape index (κ2) is 5.55. The summed E-state index contributed by atoms with van der Waals surface area (Å²) < 4.78 is 6.03. The minimum absolute atomic E-state index is 0.193. The fourth-order valence-electron chi connectivity index (χ4n) is 3.47. The second-order valence-corrected chi connectivity index (χ2v) is 5.80. The van der Waals surface area contributed by atoms with Gasteiger partial charge in [-0.2, -0.15) is 0 Å². The van der Waals surface area contributed by atoms with Crippen LogP contribution in [-0.4, -0.2) is 28.7 Å². The summed E-state index contributed by atoms with van der Waals surface area (Å²) >= 11 is 0. The molecule has 19 heavy (non-hydrogen) atoms. The molecule has 4 nitrogen and oxygen atoms in total. The molecule has 1 saturated heterocycles. The van der Waals surface area contributed by atoms with Crippen molar-refractivity contribution in [2.24, 2.45) is 5.92 Å². The fraction of sp³-hybridized carbons (Fsp3) is 0.733. The summed E-state index contributed by atoms with van der Waals surface area (Å²) in [6, 6.07) is 0.320. The van der Waals surface area contributed by atoms with Gasteiger partial charge in [-0.25, -0.2) is 0 Å². The van der Waals surface area contributed by atoms with E-state index in [4.69, 9.17) is 4.74 Å². The molecule has 4 heteroatoms. The van der Waals surface area contributed by atoms with E-state index >= 15 is 0 Å². The van der Waals surface area contributed by atoms with Crippen molar-refractivity contribution in [1.82, 2.24) is 15.3 Å². The molecule has 0 amide bonds. The zero-order chi connectivity index (χ0) is 13.1. The first kappa shape index (κ1) is 13.0. The molecule has 1 spiro atoms. The molecule has 2 unspecified atom stereocenters. The van der Waals surface area contributed by atoms with Crippen molar-refractivity contribution in [3.8, 4) is 0 Å². The van der Waals surface area contributed by atoms with Gasteiger partial charge in [-0.15, -0.1) is 0 Å². The largest absolute Gasteiger partial charge is 0.375 e.